The fraction of sp³-hybridized carbons (Fsp3) is 0.533. The van der Waals surface area contributed by atoms with Gasteiger partial charge in [-0.3, -0.25) is 4.79 Å². The van der Waals surface area contributed by atoms with E-state index in [0.717, 1.165) is 31.4 Å². The number of nitrogens with one attached hydrogen (secondary N) is 2. The van der Waals surface area contributed by atoms with E-state index in [-0.39, 0.29) is 23.4 Å². The molecule has 1 amide bonds. The first-order chi connectivity index (χ1) is 10.0. The Morgan fingerprint density at radius 3 is 2.48 bits per heavy atom. The van der Waals surface area contributed by atoms with Crippen LogP contribution in [0, 0.1) is 11.6 Å². The molecule has 1 aliphatic rings. The number of methoxy groups -OCH3 is 1. The Bertz CT molecular complexity index is 493. The van der Waals surface area contributed by atoms with Crippen LogP contribution in [0.1, 0.15) is 36.5 Å². The molecule has 1 aromatic rings. The zero-order valence-electron chi connectivity index (χ0n) is 12.2. The van der Waals surface area contributed by atoms with Crippen molar-refractivity contribution >= 4 is 11.6 Å². The maximum absolute atomic E-state index is 13.8. The number of halogens is 2. The molecule has 0 radical (unpaired) electrons. The summed E-state index contributed by atoms with van der Waals surface area (Å²) in [5, 5.41) is 5.42. The smallest absolute Gasteiger partial charge is 0.251 e. The van der Waals surface area contributed by atoms with Crippen LogP contribution in [-0.4, -0.2) is 31.7 Å². The summed E-state index contributed by atoms with van der Waals surface area (Å²) in [7, 11) is 1.62. The molecule has 2 N–H and O–H groups in total. The third-order valence-electron chi connectivity index (χ3n) is 3.62. The summed E-state index contributed by atoms with van der Waals surface area (Å²) < 4.78 is 32.8. The first-order valence-corrected chi connectivity index (χ1v) is 7.11. The van der Waals surface area contributed by atoms with E-state index in [1.54, 1.807) is 7.11 Å². The van der Waals surface area contributed by atoms with Crippen LogP contribution in [0.3, 0.4) is 0 Å². The van der Waals surface area contributed by atoms with Gasteiger partial charge in [0.1, 0.15) is 17.3 Å². The molecule has 0 aliphatic heterocycles. The van der Waals surface area contributed by atoms with Gasteiger partial charge in [0.15, 0.2) is 0 Å². The quantitative estimate of drug-likeness (QED) is 0.849. The van der Waals surface area contributed by atoms with E-state index in [0.29, 0.717) is 6.54 Å². The van der Waals surface area contributed by atoms with Crippen LogP contribution < -0.4 is 10.6 Å². The number of benzene rings is 1. The normalized spacial score (nSPS) is 20.8. The van der Waals surface area contributed by atoms with Crippen LogP contribution >= 0.6 is 0 Å². The van der Waals surface area contributed by atoms with Gasteiger partial charge in [-0.2, -0.15) is 0 Å². The van der Waals surface area contributed by atoms with Crippen molar-refractivity contribution in [2.75, 3.05) is 19.0 Å². The van der Waals surface area contributed by atoms with E-state index in [2.05, 4.69) is 10.6 Å². The predicted molar refractivity (Wildman–Crippen MR) is 76.4 cm³/mol. The Kier molecular flexibility index (Phi) is 5.12. The first kappa shape index (κ1) is 15.7. The molecule has 1 saturated carbocycles. The van der Waals surface area contributed by atoms with Crippen molar-refractivity contribution in [2.24, 2.45) is 0 Å². The van der Waals surface area contributed by atoms with Gasteiger partial charge in [0.05, 0.1) is 6.10 Å². The first-order valence-electron chi connectivity index (χ1n) is 7.11. The van der Waals surface area contributed by atoms with Gasteiger partial charge in [-0.05, 0) is 31.4 Å². The Labute approximate surface area is 122 Å². The van der Waals surface area contributed by atoms with Gasteiger partial charge in [-0.15, -0.1) is 0 Å². The highest BCUT2D eigenvalue weighted by atomic mass is 19.1. The largest absolute Gasteiger partial charge is 0.381 e. The van der Waals surface area contributed by atoms with E-state index in [1.807, 2.05) is 6.92 Å². The summed E-state index contributed by atoms with van der Waals surface area (Å²) in [5.41, 5.74) is -0.190. The molecule has 2 rings (SSSR count). The lowest BCUT2D eigenvalue weighted by Crippen LogP contribution is -2.47. The monoisotopic (exact) mass is 298 g/mol. The third-order valence-corrected chi connectivity index (χ3v) is 3.62. The van der Waals surface area contributed by atoms with Gasteiger partial charge in [0, 0.05) is 25.3 Å². The Morgan fingerprint density at radius 1 is 1.33 bits per heavy atom. The molecule has 116 valence electrons. The number of hydrogen-bond donors (Lipinski definition) is 2. The second kappa shape index (κ2) is 6.85. The maximum atomic E-state index is 13.8. The number of rotatable bonds is 6. The van der Waals surface area contributed by atoms with Crippen molar-refractivity contribution in [1.29, 1.82) is 0 Å². The molecule has 0 aromatic heterocycles. The zero-order valence-corrected chi connectivity index (χ0v) is 12.2. The molecule has 0 saturated heterocycles. The standard InChI is InChI=1S/C15H20F2N2O2/c1-3-4-18-14-12(16)5-9(6-13(14)17)15(20)19-10-7-11(8-10)21-2/h5-6,10-11,18H,3-4,7-8H2,1-2H3,(H,19,20). The van der Waals surface area contributed by atoms with Crippen molar-refractivity contribution < 1.29 is 18.3 Å². The second-order valence-corrected chi connectivity index (χ2v) is 5.24. The summed E-state index contributed by atoms with van der Waals surface area (Å²) in [4.78, 5) is 12.0. The molecule has 0 spiro atoms. The van der Waals surface area contributed by atoms with Gasteiger partial charge in [0.25, 0.3) is 5.91 Å². The Balaban J connectivity index is 2.01. The minimum absolute atomic E-state index is 0.00599. The third kappa shape index (κ3) is 3.69. The molecule has 1 fully saturated rings. The van der Waals surface area contributed by atoms with Gasteiger partial charge in [-0.25, -0.2) is 8.78 Å². The van der Waals surface area contributed by atoms with Gasteiger partial charge < -0.3 is 15.4 Å². The van der Waals surface area contributed by atoms with Gasteiger partial charge in [0.2, 0.25) is 0 Å². The summed E-state index contributed by atoms with van der Waals surface area (Å²) in [5.74, 6) is -1.97. The number of ether oxygens (including phenoxy) is 1. The van der Waals surface area contributed by atoms with Gasteiger partial charge in [-0.1, -0.05) is 6.92 Å². The van der Waals surface area contributed by atoms with E-state index < -0.39 is 17.5 Å². The molecule has 1 aromatic carbocycles. The molecule has 0 unspecified atom stereocenters. The number of amides is 1. The number of carbonyl (C=O) groups is 1. The minimum Gasteiger partial charge on any atom is -0.381 e. The second-order valence-electron chi connectivity index (χ2n) is 5.24. The fourth-order valence-corrected chi connectivity index (χ4v) is 2.27. The SMILES string of the molecule is CCCNc1c(F)cc(C(=O)NC2CC(OC)C2)cc1F. The van der Waals surface area contributed by atoms with Crippen molar-refractivity contribution in [3.05, 3.63) is 29.3 Å². The zero-order chi connectivity index (χ0) is 15.4. The average molecular weight is 298 g/mol. The van der Waals surface area contributed by atoms with E-state index in [4.69, 9.17) is 4.74 Å². The summed E-state index contributed by atoms with van der Waals surface area (Å²) in [6.07, 6.45) is 2.36. The van der Waals surface area contributed by atoms with Crippen LogP contribution in [0.5, 0.6) is 0 Å². The molecular weight excluding hydrogens is 278 g/mol. The lowest BCUT2D eigenvalue weighted by atomic mass is 9.89. The summed E-state index contributed by atoms with van der Waals surface area (Å²) >= 11 is 0. The van der Waals surface area contributed by atoms with Crippen LogP contribution in [0.25, 0.3) is 0 Å². The van der Waals surface area contributed by atoms with Crippen molar-refractivity contribution in [1.82, 2.24) is 5.32 Å². The molecular formula is C15H20F2N2O2. The summed E-state index contributed by atoms with van der Waals surface area (Å²) in [6.45, 7) is 2.37. The van der Waals surface area contributed by atoms with E-state index >= 15 is 0 Å². The molecule has 0 heterocycles. The van der Waals surface area contributed by atoms with Gasteiger partial charge >= 0.3 is 0 Å². The molecule has 21 heavy (non-hydrogen) atoms. The van der Waals surface area contributed by atoms with Crippen LogP contribution in [0.15, 0.2) is 12.1 Å². The molecule has 0 bridgehead atoms. The fourth-order valence-electron chi connectivity index (χ4n) is 2.27. The Morgan fingerprint density at radius 2 is 1.95 bits per heavy atom. The van der Waals surface area contributed by atoms with E-state index in [1.165, 1.54) is 0 Å². The van der Waals surface area contributed by atoms with Crippen LogP contribution in [0.2, 0.25) is 0 Å². The van der Waals surface area contributed by atoms with E-state index in [9.17, 15) is 13.6 Å². The van der Waals surface area contributed by atoms with Crippen LogP contribution in [0.4, 0.5) is 14.5 Å². The highest BCUT2D eigenvalue weighted by Crippen LogP contribution is 2.24. The van der Waals surface area contributed by atoms with Crippen molar-refractivity contribution in [3.8, 4) is 0 Å². The highest BCUT2D eigenvalue weighted by Gasteiger charge is 2.30. The van der Waals surface area contributed by atoms with Crippen molar-refractivity contribution in [2.45, 2.75) is 38.3 Å². The topological polar surface area (TPSA) is 50.4 Å². The number of anilines is 1. The minimum atomic E-state index is -0.753. The molecule has 0 atom stereocenters. The highest BCUT2D eigenvalue weighted by molar-refractivity contribution is 5.94. The average Bonchev–Trinajstić information content (AvgIpc) is 2.41. The molecule has 4 nitrogen and oxygen atoms in total. The lowest BCUT2D eigenvalue weighted by molar-refractivity contribution is 0.0176. The number of hydrogen-bond acceptors (Lipinski definition) is 3. The predicted octanol–water partition coefficient (Wildman–Crippen LogP) is 2.69. The maximum Gasteiger partial charge on any atom is 0.251 e. The Hall–Kier alpha value is -1.69. The summed E-state index contributed by atoms with van der Waals surface area (Å²) in [6, 6.07) is 2.12. The lowest BCUT2D eigenvalue weighted by Gasteiger charge is -2.34. The van der Waals surface area contributed by atoms with Crippen LogP contribution in [-0.2, 0) is 4.74 Å². The molecule has 1 aliphatic carbocycles. The molecule has 6 heteroatoms. The number of carbonyl (C=O) groups excluding carboxylic acids is 1. The van der Waals surface area contributed by atoms with Crippen molar-refractivity contribution in [3.63, 3.8) is 0 Å².